The number of nitrogens with zero attached hydrogens (tertiary/aromatic N) is 5. The van der Waals surface area contributed by atoms with Crippen LogP contribution in [0, 0.1) is 0 Å². The van der Waals surface area contributed by atoms with Crippen LogP contribution in [0.2, 0.25) is 0 Å². The van der Waals surface area contributed by atoms with Crippen molar-refractivity contribution in [2.75, 3.05) is 26.5 Å². The standard InChI is InChI=1S/C28H28N6O4S/c1-33(2)27(37)17-9-11-19(12-10-17)34-25-20(24(32-34)18-6-5-15-29-16-18)13-14-21-26(25)39-28(30-21)31-22(35)7-4-8-23(36)38-3/h5-6,9-12,15-16H,4,7-8,13-14H2,1-3H3,(H,30,31,35). The van der Waals surface area contributed by atoms with Crippen molar-refractivity contribution in [3.8, 4) is 27.5 Å². The molecule has 0 bridgehead atoms. The van der Waals surface area contributed by atoms with Gasteiger partial charge in [-0.15, -0.1) is 0 Å². The molecular weight excluding hydrogens is 516 g/mol. The second kappa shape index (κ2) is 11.2. The Hall–Kier alpha value is -4.38. The summed E-state index contributed by atoms with van der Waals surface area (Å²) >= 11 is 1.41. The van der Waals surface area contributed by atoms with Gasteiger partial charge in [-0.25, -0.2) is 9.67 Å². The van der Waals surface area contributed by atoms with Gasteiger partial charge in [0.25, 0.3) is 5.91 Å². The van der Waals surface area contributed by atoms with Gasteiger partial charge in [-0.1, -0.05) is 11.3 Å². The number of benzene rings is 1. The quantitative estimate of drug-likeness (QED) is 0.331. The number of pyridine rings is 1. The van der Waals surface area contributed by atoms with Crippen LogP contribution in [-0.4, -0.2) is 63.6 Å². The molecule has 3 aromatic heterocycles. The fraction of sp³-hybridized carbons (Fsp3) is 0.286. The van der Waals surface area contributed by atoms with Crippen LogP contribution >= 0.6 is 11.3 Å². The number of methoxy groups -OCH3 is 1. The Morgan fingerprint density at radius 3 is 2.59 bits per heavy atom. The molecule has 39 heavy (non-hydrogen) atoms. The van der Waals surface area contributed by atoms with E-state index in [0.29, 0.717) is 23.5 Å². The highest BCUT2D eigenvalue weighted by Crippen LogP contribution is 2.44. The highest BCUT2D eigenvalue weighted by Gasteiger charge is 2.30. The van der Waals surface area contributed by atoms with Gasteiger partial charge in [-0.2, -0.15) is 5.10 Å². The minimum absolute atomic E-state index is 0.0724. The van der Waals surface area contributed by atoms with Crippen molar-refractivity contribution < 1.29 is 19.1 Å². The van der Waals surface area contributed by atoms with Crippen LogP contribution in [0.5, 0.6) is 0 Å². The summed E-state index contributed by atoms with van der Waals surface area (Å²) in [6.45, 7) is 0. The number of esters is 1. The summed E-state index contributed by atoms with van der Waals surface area (Å²) in [6.07, 6.45) is 5.78. The fourth-order valence-corrected chi connectivity index (χ4v) is 5.61. The van der Waals surface area contributed by atoms with Crippen molar-refractivity contribution in [2.24, 2.45) is 0 Å². The fourth-order valence-electron chi connectivity index (χ4n) is 4.53. The molecule has 5 rings (SSSR count). The van der Waals surface area contributed by atoms with Crippen molar-refractivity contribution in [1.82, 2.24) is 24.6 Å². The molecule has 0 radical (unpaired) electrons. The van der Waals surface area contributed by atoms with E-state index >= 15 is 0 Å². The summed E-state index contributed by atoms with van der Waals surface area (Å²) in [4.78, 5) is 47.7. The van der Waals surface area contributed by atoms with Crippen LogP contribution in [0.4, 0.5) is 5.13 Å². The van der Waals surface area contributed by atoms with E-state index in [4.69, 9.17) is 10.1 Å². The van der Waals surface area contributed by atoms with Crippen molar-refractivity contribution in [3.63, 3.8) is 0 Å². The number of carbonyl (C=O) groups is 3. The lowest BCUT2D eigenvalue weighted by atomic mass is 9.95. The first-order valence-corrected chi connectivity index (χ1v) is 13.4. The lowest BCUT2D eigenvalue weighted by Gasteiger charge is -2.15. The first-order valence-electron chi connectivity index (χ1n) is 12.6. The Morgan fingerprint density at radius 1 is 1.10 bits per heavy atom. The third kappa shape index (κ3) is 5.44. The number of thiazole rings is 1. The SMILES string of the molecule is COC(=O)CCCC(=O)Nc1nc2c(s1)-c1c(c(-c3cccnc3)nn1-c1ccc(C(=O)N(C)C)cc1)CC2. The Balaban J connectivity index is 1.50. The summed E-state index contributed by atoms with van der Waals surface area (Å²) < 4.78 is 6.53. The third-order valence-corrected chi connectivity index (χ3v) is 7.49. The van der Waals surface area contributed by atoms with E-state index in [2.05, 4.69) is 15.0 Å². The number of hydrogen-bond donors (Lipinski definition) is 1. The molecule has 1 aromatic carbocycles. The molecule has 0 fully saturated rings. The Morgan fingerprint density at radius 2 is 1.90 bits per heavy atom. The number of aromatic nitrogens is 4. The highest BCUT2D eigenvalue weighted by atomic mass is 32.1. The van der Waals surface area contributed by atoms with Gasteiger partial charge in [-0.05, 0) is 55.7 Å². The van der Waals surface area contributed by atoms with Gasteiger partial charge in [0.15, 0.2) is 5.13 Å². The Kier molecular flexibility index (Phi) is 7.51. The topological polar surface area (TPSA) is 119 Å². The molecule has 1 aliphatic rings. The molecule has 200 valence electrons. The normalized spacial score (nSPS) is 11.9. The molecule has 0 saturated carbocycles. The van der Waals surface area contributed by atoms with E-state index < -0.39 is 0 Å². The van der Waals surface area contributed by atoms with Gasteiger partial charge >= 0.3 is 5.97 Å². The maximum atomic E-state index is 12.5. The summed E-state index contributed by atoms with van der Waals surface area (Å²) in [5, 5.41) is 8.40. The number of rotatable bonds is 8. The molecule has 0 unspecified atom stereocenters. The van der Waals surface area contributed by atoms with E-state index in [1.807, 2.05) is 28.9 Å². The molecule has 0 atom stereocenters. The van der Waals surface area contributed by atoms with Gasteiger partial charge in [-0.3, -0.25) is 19.4 Å². The van der Waals surface area contributed by atoms with E-state index in [-0.39, 0.29) is 30.6 Å². The number of aryl methyl sites for hydroxylation is 1. The largest absolute Gasteiger partial charge is 0.469 e. The van der Waals surface area contributed by atoms with Gasteiger partial charge in [0.05, 0.1) is 34.8 Å². The lowest BCUT2D eigenvalue weighted by molar-refractivity contribution is -0.140. The van der Waals surface area contributed by atoms with Crippen LogP contribution in [0.15, 0.2) is 48.8 Å². The molecule has 0 spiro atoms. The average molecular weight is 545 g/mol. The number of ether oxygens (including phenoxy) is 1. The minimum Gasteiger partial charge on any atom is -0.469 e. The van der Waals surface area contributed by atoms with Crippen LogP contribution in [0.1, 0.15) is 40.9 Å². The zero-order valence-electron chi connectivity index (χ0n) is 21.9. The summed E-state index contributed by atoms with van der Waals surface area (Å²) in [5.74, 6) is -0.607. The molecule has 1 N–H and O–H groups in total. The Bertz CT molecular complexity index is 1530. The van der Waals surface area contributed by atoms with Gasteiger partial charge in [0.1, 0.15) is 0 Å². The zero-order chi connectivity index (χ0) is 27.5. The van der Waals surface area contributed by atoms with Gasteiger partial charge < -0.3 is 15.0 Å². The first kappa shape index (κ1) is 26.2. The summed E-state index contributed by atoms with van der Waals surface area (Å²) in [7, 11) is 4.78. The number of amides is 2. The second-order valence-corrected chi connectivity index (χ2v) is 10.3. The summed E-state index contributed by atoms with van der Waals surface area (Å²) in [5.41, 5.74) is 6.07. The predicted octanol–water partition coefficient (Wildman–Crippen LogP) is 4.14. The zero-order valence-corrected chi connectivity index (χ0v) is 22.7. The van der Waals surface area contributed by atoms with Gasteiger partial charge in [0.2, 0.25) is 5.91 Å². The van der Waals surface area contributed by atoms with Crippen molar-refractivity contribution in [2.45, 2.75) is 32.1 Å². The predicted molar refractivity (Wildman–Crippen MR) is 148 cm³/mol. The molecule has 0 saturated heterocycles. The molecular formula is C28H28N6O4S. The average Bonchev–Trinajstić information content (AvgIpc) is 3.54. The molecule has 3 heterocycles. The number of fused-ring (bicyclic) bond motifs is 3. The monoisotopic (exact) mass is 544 g/mol. The van der Waals surface area contributed by atoms with Gasteiger partial charge in [0, 0.05) is 56.0 Å². The number of anilines is 1. The van der Waals surface area contributed by atoms with Crippen LogP contribution in [-0.2, 0) is 27.2 Å². The van der Waals surface area contributed by atoms with Crippen molar-refractivity contribution in [3.05, 3.63) is 65.6 Å². The van der Waals surface area contributed by atoms with E-state index in [1.54, 1.807) is 43.5 Å². The smallest absolute Gasteiger partial charge is 0.305 e. The van der Waals surface area contributed by atoms with Crippen molar-refractivity contribution in [1.29, 1.82) is 0 Å². The van der Waals surface area contributed by atoms with E-state index in [1.165, 1.54) is 18.4 Å². The van der Waals surface area contributed by atoms with E-state index in [0.717, 1.165) is 45.2 Å². The van der Waals surface area contributed by atoms with E-state index in [9.17, 15) is 14.4 Å². The maximum Gasteiger partial charge on any atom is 0.305 e. The van der Waals surface area contributed by atoms with Crippen LogP contribution < -0.4 is 5.32 Å². The second-order valence-electron chi connectivity index (χ2n) is 9.35. The minimum atomic E-state index is -0.336. The van der Waals surface area contributed by atoms with Crippen molar-refractivity contribution >= 4 is 34.3 Å². The van der Waals surface area contributed by atoms with Crippen LogP contribution in [0.3, 0.4) is 0 Å². The number of nitrogens with one attached hydrogen (secondary N) is 1. The summed E-state index contributed by atoms with van der Waals surface area (Å²) in [6, 6.07) is 11.2. The number of hydrogen-bond acceptors (Lipinski definition) is 8. The Labute approximate surface area is 229 Å². The first-order chi connectivity index (χ1) is 18.9. The highest BCUT2D eigenvalue weighted by molar-refractivity contribution is 7.19. The third-order valence-electron chi connectivity index (χ3n) is 6.47. The molecule has 2 amide bonds. The number of carbonyl (C=O) groups excluding carboxylic acids is 3. The molecule has 11 heteroatoms. The van der Waals surface area contributed by atoms with Crippen LogP contribution in [0.25, 0.3) is 27.5 Å². The maximum absolute atomic E-state index is 12.5. The lowest BCUT2D eigenvalue weighted by Crippen LogP contribution is -2.21. The molecule has 10 nitrogen and oxygen atoms in total. The molecule has 1 aliphatic carbocycles. The molecule has 4 aromatic rings. The molecule has 0 aliphatic heterocycles.